The Morgan fingerprint density at radius 2 is 1.76 bits per heavy atom. The highest BCUT2D eigenvalue weighted by Gasteiger charge is 2.07. The lowest BCUT2D eigenvalue weighted by atomic mass is 10.1. The van der Waals surface area contributed by atoms with Gasteiger partial charge in [0.15, 0.2) is 0 Å². The molecular weight excluding hydrogens is 284 g/mol. The van der Waals surface area contributed by atoms with Gasteiger partial charge in [-0.2, -0.15) is 0 Å². The highest BCUT2D eigenvalue weighted by atomic mass is 35.5. The molecule has 0 aliphatic carbocycles. The van der Waals surface area contributed by atoms with Gasteiger partial charge in [0.2, 0.25) is 5.91 Å². The molecule has 2 rings (SSSR count). The van der Waals surface area contributed by atoms with Gasteiger partial charge >= 0.3 is 0 Å². The molecule has 0 aromatic heterocycles. The van der Waals surface area contributed by atoms with Crippen molar-refractivity contribution in [3.63, 3.8) is 0 Å². The van der Waals surface area contributed by atoms with E-state index in [0.29, 0.717) is 5.02 Å². The first kappa shape index (κ1) is 15.3. The number of nitrogens with one attached hydrogen (secondary N) is 2. The molecule has 2 aromatic carbocycles. The van der Waals surface area contributed by atoms with E-state index in [2.05, 4.69) is 10.9 Å². The van der Waals surface area contributed by atoms with Gasteiger partial charge in [0.1, 0.15) is 0 Å². The summed E-state index contributed by atoms with van der Waals surface area (Å²) in [7, 11) is 0. The van der Waals surface area contributed by atoms with Crippen molar-refractivity contribution in [2.75, 3.05) is 0 Å². The van der Waals surface area contributed by atoms with Gasteiger partial charge in [-0.25, -0.2) is 5.43 Å². The lowest BCUT2D eigenvalue weighted by Gasteiger charge is -2.16. The van der Waals surface area contributed by atoms with Gasteiger partial charge in [0, 0.05) is 11.9 Å². The summed E-state index contributed by atoms with van der Waals surface area (Å²) < 4.78 is 0. The highest BCUT2D eigenvalue weighted by Crippen LogP contribution is 2.18. The Morgan fingerprint density at radius 3 is 2.38 bits per heavy atom. The van der Waals surface area contributed by atoms with Crippen molar-refractivity contribution in [2.24, 2.45) is 0 Å². The van der Waals surface area contributed by atoms with Crippen molar-refractivity contribution in [3.05, 3.63) is 76.8 Å². The molecular formula is C17H17ClN2O. The Hall–Kier alpha value is -2.10. The molecule has 0 aliphatic heterocycles. The van der Waals surface area contributed by atoms with Gasteiger partial charge in [-0.3, -0.25) is 10.2 Å². The van der Waals surface area contributed by atoms with Crippen LogP contribution in [0.15, 0.2) is 60.7 Å². The van der Waals surface area contributed by atoms with E-state index in [9.17, 15) is 4.79 Å². The van der Waals surface area contributed by atoms with E-state index in [1.807, 2.05) is 66.7 Å². The van der Waals surface area contributed by atoms with Crippen LogP contribution in [0, 0.1) is 0 Å². The predicted molar refractivity (Wildman–Crippen MR) is 86.6 cm³/mol. The Labute approximate surface area is 129 Å². The van der Waals surface area contributed by atoms with E-state index in [1.54, 1.807) is 0 Å². The highest BCUT2D eigenvalue weighted by molar-refractivity contribution is 6.30. The minimum Gasteiger partial charge on any atom is -0.291 e. The first-order valence-electron chi connectivity index (χ1n) is 6.66. The summed E-state index contributed by atoms with van der Waals surface area (Å²) in [5.74, 6) is -0.137. The van der Waals surface area contributed by atoms with Crippen LogP contribution in [-0.2, 0) is 4.79 Å². The van der Waals surface area contributed by atoms with Crippen LogP contribution in [0.5, 0.6) is 0 Å². The molecule has 0 saturated heterocycles. The van der Waals surface area contributed by atoms with Gasteiger partial charge in [-0.1, -0.05) is 66.2 Å². The second-order valence-corrected chi connectivity index (χ2v) is 5.06. The van der Waals surface area contributed by atoms with Crippen LogP contribution in [0.2, 0.25) is 5.02 Å². The number of hydrazine groups is 1. The van der Waals surface area contributed by atoms with E-state index < -0.39 is 0 Å². The minimum atomic E-state index is -0.137. The standard InChI is InChI=1S/C17H17ClN2O/c1-13(21)19-20-17(15-8-10-16(18)11-9-15)12-7-14-5-3-2-4-6-14/h2-12,17,20H,1H3,(H,19,21)/b12-7+/t17-/m1/s1. The number of carbonyl (C=O) groups is 1. The van der Waals surface area contributed by atoms with E-state index in [0.717, 1.165) is 11.1 Å². The fourth-order valence-corrected chi connectivity index (χ4v) is 1.99. The van der Waals surface area contributed by atoms with Crippen LogP contribution in [0.3, 0.4) is 0 Å². The summed E-state index contributed by atoms with van der Waals surface area (Å²) in [6, 6.07) is 17.4. The molecule has 3 nitrogen and oxygen atoms in total. The number of benzene rings is 2. The number of rotatable bonds is 5. The fraction of sp³-hybridized carbons (Fsp3) is 0.118. The smallest absolute Gasteiger partial charge is 0.230 e. The van der Waals surface area contributed by atoms with Gasteiger partial charge in [-0.15, -0.1) is 0 Å². The number of hydrogen-bond acceptors (Lipinski definition) is 2. The van der Waals surface area contributed by atoms with E-state index >= 15 is 0 Å². The summed E-state index contributed by atoms with van der Waals surface area (Å²) >= 11 is 5.91. The van der Waals surface area contributed by atoms with Crippen LogP contribution in [0.4, 0.5) is 0 Å². The first-order valence-corrected chi connectivity index (χ1v) is 7.04. The molecule has 0 saturated carbocycles. The van der Waals surface area contributed by atoms with Crippen molar-refractivity contribution in [1.29, 1.82) is 0 Å². The number of hydrogen-bond donors (Lipinski definition) is 2. The molecule has 0 heterocycles. The maximum absolute atomic E-state index is 11.1. The van der Waals surface area contributed by atoms with Crippen LogP contribution >= 0.6 is 11.6 Å². The largest absolute Gasteiger partial charge is 0.291 e. The summed E-state index contributed by atoms with van der Waals surface area (Å²) in [5.41, 5.74) is 7.73. The van der Waals surface area contributed by atoms with Crippen LogP contribution in [-0.4, -0.2) is 5.91 Å². The second kappa shape index (κ2) is 7.62. The Balaban J connectivity index is 2.17. The lowest BCUT2D eigenvalue weighted by Crippen LogP contribution is -2.37. The molecule has 0 unspecified atom stereocenters. The molecule has 0 aliphatic rings. The number of amides is 1. The topological polar surface area (TPSA) is 41.1 Å². The molecule has 21 heavy (non-hydrogen) atoms. The maximum atomic E-state index is 11.1. The Bertz CT molecular complexity index is 608. The van der Waals surface area contributed by atoms with E-state index in [1.165, 1.54) is 6.92 Å². The molecule has 2 aromatic rings. The third-order valence-electron chi connectivity index (χ3n) is 2.91. The van der Waals surface area contributed by atoms with E-state index in [4.69, 9.17) is 11.6 Å². The van der Waals surface area contributed by atoms with Crippen molar-refractivity contribution in [3.8, 4) is 0 Å². The maximum Gasteiger partial charge on any atom is 0.230 e. The third-order valence-corrected chi connectivity index (χ3v) is 3.17. The zero-order valence-corrected chi connectivity index (χ0v) is 12.5. The Morgan fingerprint density at radius 1 is 1.10 bits per heavy atom. The lowest BCUT2D eigenvalue weighted by molar-refractivity contribution is -0.120. The number of halogens is 1. The average Bonchev–Trinajstić information content (AvgIpc) is 2.49. The van der Waals surface area contributed by atoms with Crippen molar-refractivity contribution in [2.45, 2.75) is 13.0 Å². The molecule has 2 N–H and O–H groups in total. The molecule has 0 bridgehead atoms. The predicted octanol–water partition coefficient (Wildman–Crippen LogP) is 3.74. The summed E-state index contributed by atoms with van der Waals surface area (Å²) in [6.07, 6.45) is 4.00. The summed E-state index contributed by atoms with van der Waals surface area (Å²) in [4.78, 5) is 11.1. The molecule has 0 radical (unpaired) electrons. The zero-order chi connectivity index (χ0) is 15.1. The second-order valence-electron chi connectivity index (χ2n) is 4.62. The van der Waals surface area contributed by atoms with E-state index in [-0.39, 0.29) is 11.9 Å². The van der Waals surface area contributed by atoms with Gasteiger partial charge < -0.3 is 0 Å². The van der Waals surface area contributed by atoms with Crippen molar-refractivity contribution in [1.82, 2.24) is 10.9 Å². The van der Waals surface area contributed by atoms with Gasteiger partial charge in [0.25, 0.3) is 0 Å². The normalized spacial score (nSPS) is 12.3. The molecule has 1 atom stereocenters. The molecule has 0 fully saturated rings. The average molecular weight is 301 g/mol. The van der Waals surface area contributed by atoms with Gasteiger partial charge in [-0.05, 0) is 23.3 Å². The monoisotopic (exact) mass is 300 g/mol. The van der Waals surface area contributed by atoms with Crippen LogP contribution in [0.1, 0.15) is 24.1 Å². The summed E-state index contributed by atoms with van der Waals surface area (Å²) in [5, 5.41) is 0.684. The van der Waals surface area contributed by atoms with Crippen molar-refractivity contribution < 1.29 is 4.79 Å². The molecule has 1 amide bonds. The third kappa shape index (κ3) is 5.06. The molecule has 4 heteroatoms. The van der Waals surface area contributed by atoms with Crippen molar-refractivity contribution >= 4 is 23.6 Å². The zero-order valence-electron chi connectivity index (χ0n) is 11.7. The van der Waals surface area contributed by atoms with Gasteiger partial charge in [0.05, 0.1) is 6.04 Å². The minimum absolute atomic E-state index is 0.133. The van der Waals surface area contributed by atoms with Crippen LogP contribution < -0.4 is 10.9 Å². The Kier molecular flexibility index (Phi) is 5.55. The SMILES string of the molecule is CC(=O)NN[C@H](/C=C/c1ccccc1)c1ccc(Cl)cc1. The fourth-order valence-electron chi connectivity index (χ4n) is 1.86. The summed E-state index contributed by atoms with van der Waals surface area (Å²) in [6.45, 7) is 1.47. The molecule has 0 spiro atoms. The molecule has 108 valence electrons. The number of carbonyl (C=O) groups excluding carboxylic acids is 1. The quantitative estimate of drug-likeness (QED) is 0.826. The van der Waals surface area contributed by atoms with Crippen LogP contribution in [0.25, 0.3) is 6.08 Å². The first-order chi connectivity index (χ1) is 10.1.